The third kappa shape index (κ3) is 3.94. The van der Waals surface area contributed by atoms with Gasteiger partial charge in [-0.05, 0) is 39.5 Å². The van der Waals surface area contributed by atoms with Crippen molar-refractivity contribution in [2.75, 3.05) is 11.1 Å². The highest BCUT2D eigenvalue weighted by molar-refractivity contribution is 5.33. The van der Waals surface area contributed by atoms with Crippen molar-refractivity contribution in [2.45, 2.75) is 58.6 Å². The van der Waals surface area contributed by atoms with Crippen LogP contribution in [0.2, 0.25) is 0 Å². The predicted molar refractivity (Wildman–Crippen MR) is 75.0 cm³/mol. The van der Waals surface area contributed by atoms with Gasteiger partial charge in [-0.25, -0.2) is 0 Å². The van der Waals surface area contributed by atoms with Crippen LogP contribution in [0.1, 0.15) is 46.5 Å². The molecule has 0 saturated heterocycles. The molecule has 0 aromatic carbocycles. The van der Waals surface area contributed by atoms with E-state index in [0.29, 0.717) is 17.9 Å². The molecule has 1 aromatic rings. The molecule has 2 rings (SSSR count). The molecule has 0 radical (unpaired) electrons. The molecule has 0 amide bonds. The van der Waals surface area contributed by atoms with Crippen LogP contribution in [0.3, 0.4) is 0 Å². The molecule has 1 atom stereocenters. The summed E-state index contributed by atoms with van der Waals surface area (Å²) in [5.41, 5.74) is 5.68. The van der Waals surface area contributed by atoms with Crippen molar-refractivity contribution in [1.29, 1.82) is 0 Å². The Labute approximate surface area is 114 Å². The van der Waals surface area contributed by atoms with Crippen molar-refractivity contribution in [2.24, 2.45) is 5.92 Å². The molecule has 1 heterocycles. The van der Waals surface area contributed by atoms with E-state index in [1.54, 1.807) is 0 Å². The number of rotatable bonds is 5. The Morgan fingerprint density at radius 3 is 2.47 bits per heavy atom. The fraction of sp³-hybridized carbons (Fsp3) is 0.769. The number of nitrogens with one attached hydrogen (secondary N) is 1. The maximum atomic E-state index is 5.68. The first kappa shape index (κ1) is 13.8. The Morgan fingerprint density at radius 2 is 1.84 bits per heavy atom. The summed E-state index contributed by atoms with van der Waals surface area (Å²) in [5.74, 6) is 1.38. The monoisotopic (exact) mass is 265 g/mol. The molecular formula is C13H23N5O. The van der Waals surface area contributed by atoms with Crippen molar-refractivity contribution in [3.63, 3.8) is 0 Å². The Morgan fingerprint density at radius 1 is 1.16 bits per heavy atom. The maximum absolute atomic E-state index is 5.68. The molecule has 19 heavy (non-hydrogen) atoms. The topological polar surface area (TPSA) is 86.0 Å². The van der Waals surface area contributed by atoms with E-state index in [4.69, 9.17) is 10.5 Å². The van der Waals surface area contributed by atoms with E-state index in [1.165, 1.54) is 25.7 Å². The first-order valence-electron chi connectivity index (χ1n) is 6.99. The zero-order chi connectivity index (χ0) is 13.8. The molecule has 106 valence electrons. The molecule has 1 unspecified atom stereocenters. The molecule has 1 saturated carbocycles. The number of hydrogen-bond acceptors (Lipinski definition) is 6. The number of ether oxygens (including phenoxy) is 1. The summed E-state index contributed by atoms with van der Waals surface area (Å²) in [5, 5.41) is 3.32. The first-order chi connectivity index (χ1) is 9.04. The molecule has 1 aliphatic rings. The molecular weight excluding hydrogens is 242 g/mol. The predicted octanol–water partition coefficient (Wildman–Crippen LogP) is 2.23. The van der Waals surface area contributed by atoms with Crippen LogP contribution in [0.25, 0.3) is 0 Å². The average Bonchev–Trinajstić information content (AvgIpc) is 2.79. The average molecular weight is 265 g/mol. The van der Waals surface area contributed by atoms with Gasteiger partial charge >= 0.3 is 6.01 Å². The second-order valence-corrected chi connectivity index (χ2v) is 5.44. The van der Waals surface area contributed by atoms with Gasteiger partial charge in [-0.3, -0.25) is 0 Å². The second kappa shape index (κ2) is 6.04. The smallest absolute Gasteiger partial charge is 0.323 e. The van der Waals surface area contributed by atoms with Crippen LogP contribution >= 0.6 is 0 Å². The van der Waals surface area contributed by atoms with Crippen LogP contribution in [0.15, 0.2) is 0 Å². The normalized spacial score (nSPS) is 17.7. The van der Waals surface area contributed by atoms with E-state index >= 15 is 0 Å². The van der Waals surface area contributed by atoms with E-state index in [2.05, 4.69) is 27.2 Å². The molecule has 0 aliphatic heterocycles. The SMILES string of the molecule is CC(C)Oc1nc(N)nc(NC(C)C2CCCC2)n1. The van der Waals surface area contributed by atoms with Crippen molar-refractivity contribution in [1.82, 2.24) is 15.0 Å². The first-order valence-corrected chi connectivity index (χ1v) is 6.99. The Kier molecular flexibility index (Phi) is 4.39. The lowest BCUT2D eigenvalue weighted by Gasteiger charge is -2.20. The zero-order valence-corrected chi connectivity index (χ0v) is 11.9. The number of anilines is 2. The summed E-state index contributed by atoms with van der Waals surface area (Å²) in [6, 6.07) is 0.625. The van der Waals surface area contributed by atoms with Gasteiger partial charge < -0.3 is 15.8 Å². The molecule has 1 aromatic heterocycles. The fourth-order valence-electron chi connectivity index (χ4n) is 2.48. The number of nitrogen functional groups attached to an aromatic ring is 1. The lowest BCUT2D eigenvalue weighted by Crippen LogP contribution is -2.25. The van der Waals surface area contributed by atoms with Crippen LogP contribution in [-0.2, 0) is 0 Å². The van der Waals surface area contributed by atoms with Gasteiger partial charge in [0.05, 0.1) is 6.10 Å². The van der Waals surface area contributed by atoms with Gasteiger partial charge in [0, 0.05) is 6.04 Å². The van der Waals surface area contributed by atoms with E-state index in [1.807, 2.05) is 13.8 Å². The van der Waals surface area contributed by atoms with Crippen molar-refractivity contribution in [3.8, 4) is 6.01 Å². The summed E-state index contributed by atoms with van der Waals surface area (Å²) < 4.78 is 5.46. The van der Waals surface area contributed by atoms with Crippen LogP contribution < -0.4 is 15.8 Å². The van der Waals surface area contributed by atoms with Crippen molar-refractivity contribution >= 4 is 11.9 Å². The number of nitrogens with zero attached hydrogens (tertiary/aromatic N) is 3. The van der Waals surface area contributed by atoms with Gasteiger partial charge in [0.15, 0.2) is 0 Å². The van der Waals surface area contributed by atoms with E-state index in [-0.39, 0.29) is 18.1 Å². The molecule has 6 heteroatoms. The standard InChI is InChI=1S/C13H23N5O/c1-8(2)19-13-17-11(14)16-12(18-13)15-9(3)10-6-4-5-7-10/h8-10H,4-7H2,1-3H3,(H3,14,15,16,17,18). The van der Waals surface area contributed by atoms with Crippen LogP contribution in [-0.4, -0.2) is 27.1 Å². The summed E-state index contributed by atoms with van der Waals surface area (Å²) in [6.07, 6.45) is 5.19. The van der Waals surface area contributed by atoms with Crippen LogP contribution in [0.5, 0.6) is 6.01 Å². The molecule has 1 aliphatic carbocycles. The Balaban J connectivity index is 2.04. The fourth-order valence-corrected chi connectivity index (χ4v) is 2.48. The third-order valence-corrected chi connectivity index (χ3v) is 3.44. The minimum atomic E-state index is 0.0157. The van der Waals surface area contributed by atoms with Crippen LogP contribution in [0, 0.1) is 5.92 Å². The highest BCUT2D eigenvalue weighted by atomic mass is 16.5. The van der Waals surface area contributed by atoms with Crippen molar-refractivity contribution < 1.29 is 4.74 Å². The summed E-state index contributed by atoms with van der Waals surface area (Å²) in [4.78, 5) is 12.3. The van der Waals surface area contributed by atoms with Gasteiger partial charge in [-0.1, -0.05) is 12.8 Å². The zero-order valence-electron chi connectivity index (χ0n) is 11.9. The van der Waals surface area contributed by atoms with Crippen molar-refractivity contribution in [3.05, 3.63) is 0 Å². The third-order valence-electron chi connectivity index (χ3n) is 3.44. The molecule has 0 bridgehead atoms. The van der Waals surface area contributed by atoms with Gasteiger partial charge in [-0.2, -0.15) is 15.0 Å². The van der Waals surface area contributed by atoms with Gasteiger partial charge in [0.25, 0.3) is 0 Å². The summed E-state index contributed by atoms with van der Waals surface area (Å²) in [7, 11) is 0. The summed E-state index contributed by atoms with van der Waals surface area (Å²) in [6.45, 7) is 6.02. The lowest BCUT2D eigenvalue weighted by atomic mass is 10.0. The summed E-state index contributed by atoms with van der Waals surface area (Å²) >= 11 is 0. The second-order valence-electron chi connectivity index (χ2n) is 5.44. The minimum Gasteiger partial charge on any atom is -0.461 e. The largest absolute Gasteiger partial charge is 0.461 e. The molecule has 0 spiro atoms. The Bertz CT molecular complexity index is 417. The molecule has 6 nitrogen and oxygen atoms in total. The lowest BCUT2D eigenvalue weighted by molar-refractivity contribution is 0.222. The van der Waals surface area contributed by atoms with E-state index < -0.39 is 0 Å². The quantitative estimate of drug-likeness (QED) is 0.849. The minimum absolute atomic E-state index is 0.0157. The van der Waals surface area contributed by atoms with E-state index in [0.717, 1.165) is 0 Å². The molecule has 3 N–H and O–H groups in total. The number of nitrogens with two attached hydrogens (primary N) is 1. The van der Waals surface area contributed by atoms with Gasteiger partial charge in [0.2, 0.25) is 11.9 Å². The number of aromatic nitrogens is 3. The molecule has 1 fully saturated rings. The van der Waals surface area contributed by atoms with Gasteiger partial charge in [-0.15, -0.1) is 0 Å². The highest BCUT2D eigenvalue weighted by Crippen LogP contribution is 2.28. The Hall–Kier alpha value is -1.59. The van der Waals surface area contributed by atoms with Gasteiger partial charge in [0.1, 0.15) is 0 Å². The van der Waals surface area contributed by atoms with E-state index in [9.17, 15) is 0 Å². The number of hydrogen-bond donors (Lipinski definition) is 2. The highest BCUT2D eigenvalue weighted by Gasteiger charge is 2.22. The maximum Gasteiger partial charge on any atom is 0.323 e. The van der Waals surface area contributed by atoms with Crippen LogP contribution in [0.4, 0.5) is 11.9 Å².